The minimum Gasteiger partial charge on any atom is -0.325 e. The first-order valence-corrected chi connectivity index (χ1v) is 8.19. The van der Waals surface area contributed by atoms with Crippen molar-refractivity contribution in [1.82, 2.24) is 5.32 Å². The Balaban J connectivity index is 1.85. The van der Waals surface area contributed by atoms with Gasteiger partial charge in [-0.2, -0.15) is 0 Å². The molecule has 3 aliphatic rings. The van der Waals surface area contributed by atoms with Crippen LogP contribution in [0.3, 0.4) is 0 Å². The van der Waals surface area contributed by atoms with Gasteiger partial charge < -0.3 is 5.32 Å². The van der Waals surface area contributed by atoms with Gasteiger partial charge in [-0.25, -0.2) is 4.99 Å². The third kappa shape index (κ3) is 2.58. The molecule has 0 saturated carbocycles. The number of amides is 2. The molecular formula is C18H22N2O2. The standard InChI is InChI=1S/C18H22N2O2/c1-3-11(4-2)17(21)19-12-8-9-14-13-6-5-7-15(13)18(22)20-16(14)10-12/h8-11,14H,3-7H2,1-2H3,(H,20,22). The molecule has 1 aliphatic heterocycles. The Bertz CT molecular complexity index is 633. The Morgan fingerprint density at radius 3 is 2.86 bits per heavy atom. The Morgan fingerprint density at radius 2 is 2.14 bits per heavy atom. The Labute approximate surface area is 131 Å². The topological polar surface area (TPSA) is 58.5 Å². The van der Waals surface area contributed by atoms with Gasteiger partial charge in [0.05, 0.1) is 5.71 Å². The molecule has 0 saturated heterocycles. The SMILES string of the molecule is CCC(CC)C(=O)N=C1C=CC2C(=C1)NC(=O)C1=C2CCC1. The molecule has 4 heteroatoms. The largest absolute Gasteiger partial charge is 0.325 e. The second-order valence-corrected chi connectivity index (χ2v) is 6.14. The van der Waals surface area contributed by atoms with Crippen molar-refractivity contribution in [1.29, 1.82) is 0 Å². The Morgan fingerprint density at radius 1 is 1.36 bits per heavy atom. The molecule has 22 heavy (non-hydrogen) atoms. The minimum absolute atomic E-state index is 0.0119. The monoisotopic (exact) mass is 298 g/mol. The number of carbonyl (C=O) groups excluding carboxylic acids is 2. The van der Waals surface area contributed by atoms with Gasteiger partial charge in [-0.05, 0) is 49.8 Å². The summed E-state index contributed by atoms with van der Waals surface area (Å²) in [7, 11) is 0. The molecule has 2 aliphatic carbocycles. The number of nitrogens with zero attached hydrogens (tertiary/aromatic N) is 1. The molecular weight excluding hydrogens is 276 g/mol. The van der Waals surface area contributed by atoms with Crippen LogP contribution < -0.4 is 5.32 Å². The summed E-state index contributed by atoms with van der Waals surface area (Å²) in [4.78, 5) is 28.5. The van der Waals surface area contributed by atoms with Crippen LogP contribution in [0.5, 0.6) is 0 Å². The van der Waals surface area contributed by atoms with Gasteiger partial charge in [0.25, 0.3) is 5.91 Å². The van der Waals surface area contributed by atoms with E-state index in [2.05, 4.69) is 16.4 Å². The van der Waals surface area contributed by atoms with E-state index in [1.54, 1.807) is 0 Å². The van der Waals surface area contributed by atoms with E-state index in [1.165, 1.54) is 5.57 Å². The highest BCUT2D eigenvalue weighted by Gasteiger charge is 2.34. The molecule has 1 atom stereocenters. The summed E-state index contributed by atoms with van der Waals surface area (Å²) >= 11 is 0. The minimum atomic E-state index is -0.0668. The van der Waals surface area contributed by atoms with Crippen molar-refractivity contribution in [3.8, 4) is 0 Å². The normalized spacial score (nSPS) is 25.2. The summed E-state index contributed by atoms with van der Waals surface area (Å²) in [5.41, 5.74) is 3.71. The predicted octanol–water partition coefficient (Wildman–Crippen LogP) is 3.07. The van der Waals surface area contributed by atoms with E-state index in [-0.39, 0.29) is 23.7 Å². The van der Waals surface area contributed by atoms with E-state index in [1.807, 2.05) is 26.0 Å². The van der Waals surface area contributed by atoms with Crippen LogP contribution in [0.15, 0.2) is 40.1 Å². The average Bonchev–Trinajstić information content (AvgIpc) is 2.98. The number of hydrogen-bond donors (Lipinski definition) is 1. The van der Waals surface area contributed by atoms with E-state index in [9.17, 15) is 9.59 Å². The highest BCUT2D eigenvalue weighted by atomic mass is 16.2. The maximum absolute atomic E-state index is 12.1. The van der Waals surface area contributed by atoms with Gasteiger partial charge in [0.2, 0.25) is 5.91 Å². The molecule has 0 aromatic carbocycles. The fourth-order valence-corrected chi connectivity index (χ4v) is 3.52. The van der Waals surface area contributed by atoms with E-state index in [4.69, 9.17) is 0 Å². The Hall–Kier alpha value is -1.97. The smallest absolute Gasteiger partial charge is 0.251 e. The number of aliphatic imine (C=N–C) groups is 1. The summed E-state index contributed by atoms with van der Waals surface area (Å²) < 4.78 is 0. The van der Waals surface area contributed by atoms with E-state index < -0.39 is 0 Å². The molecule has 0 bridgehead atoms. The predicted molar refractivity (Wildman–Crippen MR) is 86.2 cm³/mol. The molecule has 0 aromatic rings. The van der Waals surface area contributed by atoms with Crippen LogP contribution in [0, 0.1) is 11.8 Å². The lowest BCUT2D eigenvalue weighted by Gasteiger charge is -2.28. The van der Waals surface area contributed by atoms with Crippen LogP contribution in [0.1, 0.15) is 46.0 Å². The summed E-state index contributed by atoms with van der Waals surface area (Å²) in [6, 6.07) is 0. The molecule has 1 N–H and O–H groups in total. The second-order valence-electron chi connectivity index (χ2n) is 6.14. The average molecular weight is 298 g/mol. The van der Waals surface area contributed by atoms with E-state index >= 15 is 0 Å². The van der Waals surface area contributed by atoms with Crippen LogP contribution in [0.4, 0.5) is 0 Å². The Kier molecular flexibility index (Phi) is 4.10. The maximum Gasteiger partial charge on any atom is 0.251 e. The zero-order chi connectivity index (χ0) is 15.7. The van der Waals surface area contributed by atoms with Crippen LogP contribution in [-0.2, 0) is 9.59 Å². The third-order valence-electron chi connectivity index (χ3n) is 4.84. The van der Waals surface area contributed by atoms with E-state index in [0.29, 0.717) is 5.71 Å². The highest BCUT2D eigenvalue weighted by Crippen LogP contribution is 2.39. The number of nitrogens with one attached hydrogen (secondary N) is 1. The van der Waals surface area contributed by atoms with Crippen LogP contribution >= 0.6 is 0 Å². The summed E-state index contributed by atoms with van der Waals surface area (Å²) in [5.74, 6) is 0.110. The molecule has 0 radical (unpaired) electrons. The summed E-state index contributed by atoms with van der Waals surface area (Å²) in [6.45, 7) is 4.01. The van der Waals surface area contributed by atoms with Crippen LogP contribution in [0.2, 0.25) is 0 Å². The van der Waals surface area contributed by atoms with Gasteiger partial charge in [0.15, 0.2) is 0 Å². The van der Waals surface area contributed by atoms with Crippen molar-refractivity contribution in [2.24, 2.45) is 16.8 Å². The first-order valence-electron chi connectivity index (χ1n) is 8.19. The third-order valence-corrected chi connectivity index (χ3v) is 4.84. The zero-order valence-electron chi connectivity index (χ0n) is 13.2. The molecule has 2 amide bonds. The van der Waals surface area contributed by atoms with Crippen molar-refractivity contribution in [3.63, 3.8) is 0 Å². The van der Waals surface area contributed by atoms with Crippen molar-refractivity contribution < 1.29 is 9.59 Å². The lowest BCUT2D eigenvalue weighted by Crippen LogP contribution is -2.35. The lowest BCUT2D eigenvalue weighted by atomic mass is 9.85. The molecule has 4 nitrogen and oxygen atoms in total. The fraction of sp³-hybridized carbons (Fsp3) is 0.500. The summed E-state index contributed by atoms with van der Waals surface area (Å²) in [5, 5.41) is 2.97. The fourth-order valence-electron chi connectivity index (χ4n) is 3.52. The van der Waals surface area contributed by atoms with Crippen LogP contribution in [0.25, 0.3) is 0 Å². The van der Waals surface area contributed by atoms with E-state index in [0.717, 1.165) is 43.4 Å². The molecule has 3 rings (SSSR count). The number of allylic oxidation sites excluding steroid dienone is 3. The number of carbonyl (C=O) groups is 2. The molecule has 1 heterocycles. The second kappa shape index (κ2) is 6.03. The lowest BCUT2D eigenvalue weighted by molar-refractivity contribution is -0.121. The van der Waals surface area contributed by atoms with Gasteiger partial charge in [0.1, 0.15) is 0 Å². The number of rotatable bonds is 3. The molecule has 1 unspecified atom stereocenters. The van der Waals surface area contributed by atoms with Gasteiger partial charge in [-0.1, -0.05) is 19.9 Å². The first-order chi connectivity index (χ1) is 10.6. The zero-order valence-corrected chi connectivity index (χ0v) is 13.2. The van der Waals surface area contributed by atoms with Crippen molar-refractivity contribution in [2.45, 2.75) is 46.0 Å². The maximum atomic E-state index is 12.1. The van der Waals surface area contributed by atoms with Crippen LogP contribution in [-0.4, -0.2) is 17.5 Å². The first kappa shape index (κ1) is 14.9. The van der Waals surface area contributed by atoms with Gasteiger partial charge >= 0.3 is 0 Å². The molecule has 0 spiro atoms. The number of fused-ring (bicyclic) bond motifs is 2. The molecule has 116 valence electrons. The van der Waals surface area contributed by atoms with Gasteiger partial charge in [-0.15, -0.1) is 0 Å². The van der Waals surface area contributed by atoms with Crippen molar-refractivity contribution in [2.75, 3.05) is 0 Å². The quantitative estimate of drug-likeness (QED) is 0.870. The van der Waals surface area contributed by atoms with Gasteiger partial charge in [0, 0.05) is 23.1 Å². The summed E-state index contributed by atoms with van der Waals surface area (Å²) in [6.07, 6.45) is 10.4. The van der Waals surface area contributed by atoms with Gasteiger partial charge in [-0.3, -0.25) is 9.59 Å². The highest BCUT2D eigenvalue weighted by molar-refractivity contribution is 6.12. The molecule has 0 fully saturated rings. The van der Waals surface area contributed by atoms with Crippen molar-refractivity contribution >= 4 is 17.5 Å². The molecule has 0 aromatic heterocycles. The van der Waals surface area contributed by atoms with Crippen molar-refractivity contribution in [3.05, 3.63) is 35.1 Å². The number of hydrogen-bond acceptors (Lipinski definition) is 2.